The number of aliphatic carboxylic acids is 1. The number of hydrogen-bond acceptors (Lipinski definition) is 4. The van der Waals surface area contributed by atoms with Gasteiger partial charge in [0.2, 0.25) is 5.91 Å². The van der Waals surface area contributed by atoms with Gasteiger partial charge in [0.1, 0.15) is 0 Å². The van der Waals surface area contributed by atoms with Crippen molar-refractivity contribution in [3.63, 3.8) is 0 Å². The first-order valence-electron chi connectivity index (χ1n) is 7.17. The molecule has 0 bridgehead atoms. The maximum atomic E-state index is 12.2. The normalized spacial score (nSPS) is 13.8. The smallest absolute Gasteiger partial charge is 0.334 e. The van der Waals surface area contributed by atoms with Crippen LogP contribution in [0.5, 0.6) is 0 Å². The van der Waals surface area contributed by atoms with Crippen LogP contribution in [0, 0.1) is 5.92 Å². The molecule has 124 valence electrons. The van der Waals surface area contributed by atoms with Crippen LogP contribution in [0.2, 0.25) is 12.6 Å². The van der Waals surface area contributed by atoms with Gasteiger partial charge < -0.3 is 19.3 Å². The number of hydrogen-bond donors (Lipinski definition) is 2. The van der Waals surface area contributed by atoms with Gasteiger partial charge in [0.05, 0.1) is 6.42 Å². The molecule has 2 N–H and O–H groups in total. The van der Waals surface area contributed by atoms with Gasteiger partial charge in [0.25, 0.3) is 0 Å². The molecule has 0 fully saturated rings. The molecular formula is C14H29NO5Si. The van der Waals surface area contributed by atoms with Crippen LogP contribution in [0.4, 0.5) is 0 Å². The van der Waals surface area contributed by atoms with Crippen LogP contribution in [-0.2, 0) is 18.4 Å². The number of carboxylic acid groups (broad SMARTS) is 1. The standard InChI is InChI=1S/C14H29NO5Si/c1-14(2,3)15-13(18)11(10-12(16)17)8-7-9-21(6,19-4)20-5/h11H,7-10H2,1-6H3,(H,15,18)(H,16,17). The van der Waals surface area contributed by atoms with Crippen LogP contribution in [-0.4, -0.2) is 45.3 Å². The summed E-state index contributed by atoms with van der Waals surface area (Å²) in [5.74, 6) is -1.68. The Morgan fingerprint density at radius 3 is 2.14 bits per heavy atom. The molecular weight excluding hydrogens is 290 g/mol. The quantitative estimate of drug-likeness (QED) is 0.636. The van der Waals surface area contributed by atoms with E-state index in [2.05, 4.69) is 5.32 Å². The molecule has 0 aliphatic rings. The SMILES string of the molecule is CO[Si](C)(CCCC(CC(=O)O)C(=O)NC(C)(C)C)OC. The second-order valence-electron chi connectivity index (χ2n) is 6.47. The van der Waals surface area contributed by atoms with Crippen molar-refractivity contribution in [1.29, 1.82) is 0 Å². The summed E-state index contributed by atoms with van der Waals surface area (Å²) in [4.78, 5) is 23.1. The third-order valence-electron chi connectivity index (χ3n) is 3.34. The Morgan fingerprint density at radius 1 is 1.24 bits per heavy atom. The topological polar surface area (TPSA) is 84.9 Å². The monoisotopic (exact) mass is 319 g/mol. The highest BCUT2D eigenvalue weighted by Gasteiger charge is 2.30. The Kier molecular flexibility index (Phi) is 8.13. The highest BCUT2D eigenvalue weighted by atomic mass is 28.4. The van der Waals surface area contributed by atoms with Gasteiger partial charge in [-0.1, -0.05) is 6.42 Å². The summed E-state index contributed by atoms with van der Waals surface area (Å²) in [6.45, 7) is 7.59. The van der Waals surface area contributed by atoms with Crippen LogP contribution in [0.1, 0.15) is 40.0 Å². The third kappa shape index (κ3) is 8.85. The van der Waals surface area contributed by atoms with Crippen molar-refractivity contribution >= 4 is 20.4 Å². The fourth-order valence-electron chi connectivity index (χ4n) is 1.97. The van der Waals surface area contributed by atoms with Gasteiger partial charge in [-0.25, -0.2) is 0 Å². The fraction of sp³-hybridized carbons (Fsp3) is 0.857. The molecule has 0 heterocycles. The van der Waals surface area contributed by atoms with Gasteiger partial charge in [-0.15, -0.1) is 0 Å². The zero-order valence-corrected chi connectivity index (χ0v) is 15.0. The first kappa shape index (κ1) is 20.1. The van der Waals surface area contributed by atoms with Crippen molar-refractivity contribution in [3.8, 4) is 0 Å². The van der Waals surface area contributed by atoms with Crippen molar-refractivity contribution < 1.29 is 23.5 Å². The van der Waals surface area contributed by atoms with E-state index in [0.717, 1.165) is 6.04 Å². The number of nitrogens with one attached hydrogen (secondary N) is 1. The Morgan fingerprint density at radius 2 is 1.76 bits per heavy atom. The van der Waals surface area contributed by atoms with Crippen molar-refractivity contribution in [2.75, 3.05) is 14.2 Å². The van der Waals surface area contributed by atoms with E-state index in [1.54, 1.807) is 14.2 Å². The Labute approximate surface area is 128 Å². The average Bonchev–Trinajstić information content (AvgIpc) is 2.34. The molecule has 0 saturated carbocycles. The molecule has 0 radical (unpaired) electrons. The van der Waals surface area contributed by atoms with Crippen LogP contribution >= 0.6 is 0 Å². The number of rotatable bonds is 9. The molecule has 7 heteroatoms. The maximum Gasteiger partial charge on any atom is 0.334 e. The first-order chi connectivity index (χ1) is 9.53. The van der Waals surface area contributed by atoms with Crippen LogP contribution in [0.15, 0.2) is 0 Å². The van der Waals surface area contributed by atoms with E-state index in [1.807, 2.05) is 27.3 Å². The Bertz CT molecular complexity index is 350. The predicted molar refractivity (Wildman–Crippen MR) is 83.3 cm³/mol. The van der Waals surface area contributed by atoms with E-state index in [-0.39, 0.29) is 17.9 Å². The minimum absolute atomic E-state index is 0.153. The lowest BCUT2D eigenvalue weighted by Crippen LogP contribution is -2.44. The summed E-state index contributed by atoms with van der Waals surface area (Å²) in [6.07, 6.45) is 1.07. The minimum Gasteiger partial charge on any atom is -0.481 e. The molecule has 0 aromatic heterocycles. The van der Waals surface area contributed by atoms with Gasteiger partial charge in [0, 0.05) is 25.7 Å². The summed E-state index contributed by atoms with van der Waals surface area (Å²) < 4.78 is 10.8. The lowest BCUT2D eigenvalue weighted by atomic mass is 9.97. The molecule has 0 aromatic rings. The Balaban J connectivity index is 4.57. The van der Waals surface area contributed by atoms with E-state index >= 15 is 0 Å². The second kappa shape index (κ2) is 8.50. The fourth-order valence-corrected chi connectivity index (χ4v) is 3.39. The van der Waals surface area contributed by atoms with Crippen LogP contribution < -0.4 is 5.32 Å². The second-order valence-corrected chi connectivity index (χ2v) is 10.1. The summed E-state index contributed by atoms with van der Waals surface area (Å²) in [7, 11) is 1.08. The van der Waals surface area contributed by atoms with Gasteiger partial charge >= 0.3 is 14.5 Å². The molecule has 0 aliphatic heterocycles. The first-order valence-corrected chi connectivity index (χ1v) is 9.69. The molecule has 0 rings (SSSR count). The molecule has 0 aliphatic carbocycles. The summed E-state index contributed by atoms with van der Waals surface area (Å²) >= 11 is 0. The molecule has 6 nitrogen and oxygen atoms in total. The lowest BCUT2D eigenvalue weighted by molar-refractivity contribution is -0.141. The average molecular weight is 319 g/mol. The molecule has 21 heavy (non-hydrogen) atoms. The van der Waals surface area contributed by atoms with E-state index < -0.39 is 20.4 Å². The van der Waals surface area contributed by atoms with Crippen LogP contribution in [0.3, 0.4) is 0 Å². The van der Waals surface area contributed by atoms with Crippen LogP contribution in [0.25, 0.3) is 0 Å². The van der Waals surface area contributed by atoms with E-state index in [4.69, 9.17) is 14.0 Å². The zero-order chi connectivity index (χ0) is 16.7. The van der Waals surface area contributed by atoms with Gasteiger partial charge in [-0.2, -0.15) is 0 Å². The molecule has 0 aromatic carbocycles. The molecule has 0 saturated heterocycles. The van der Waals surface area contributed by atoms with Gasteiger partial charge in [-0.05, 0) is 39.8 Å². The summed E-state index contributed by atoms with van der Waals surface area (Å²) in [5, 5.41) is 11.8. The molecule has 1 atom stereocenters. The van der Waals surface area contributed by atoms with E-state index in [0.29, 0.717) is 12.8 Å². The Hall–Kier alpha value is -0.923. The lowest BCUT2D eigenvalue weighted by Gasteiger charge is -2.26. The molecule has 0 spiro atoms. The number of carbonyl (C=O) groups excluding carboxylic acids is 1. The molecule has 1 unspecified atom stereocenters. The summed E-state index contributed by atoms with van der Waals surface area (Å²) in [6, 6.07) is 0.735. The highest BCUT2D eigenvalue weighted by Crippen LogP contribution is 2.20. The maximum absolute atomic E-state index is 12.2. The van der Waals surface area contributed by atoms with Crippen molar-refractivity contribution in [2.45, 2.75) is 58.2 Å². The van der Waals surface area contributed by atoms with E-state index in [1.165, 1.54) is 0 Å². The largest absolute Gasteiger partial charge is 0.481 e. The summed E-state index contributed by atoms with van der Waals surface area (Å²) in [5.41, 5.74) is -0.365. The third-order valence-corrected chi connectivity index (χ3v) is 6.33. The number of amides is 1. The van der Waals surface area contributed by atoms with Crippen molar-refractivity contribution in [1.82, 2.24) is 5.32 Å². The zero-order valence-electron chi connectivity index (χ0n) is 14.0. The number of carboxylic acids is 1. The van der Waals surface area contributed by atoms with Gasteiger partial charge in [-0.3, -0.25) is 9.59 Å². The van der Waals surface area contributed by atoms with E-state index in [9.17, 15) is 9.59 Å². The highest BCUT2D eigenvalue weighted by molar-refractivity contribution is 6.65. The minimum atomic E-state index is -2.16. The van der Waals surface area contributed by atoms with Crippen molar-refractivity contribution in [2.24, 2.45) is 5.92 Å². The number of carbonyl (C=O) groups is 2. The molecule has 1 amide bonds. The van der Waals surface area contributed by atoms with Crippen molar-refractivity contribution in [3.05, 3.63) is 0 Å². The van der Waals surface area contributed by atoms with Gasteiger partial charge in [0.15, 0.2) is 0 Å². The predicted octanol–water partition coefficient (Wildman–Crippen LogP) is 2.14.